The highest BCUT2D eigenvalue weighted by molar-refractivity contribution is 7.86. The Morgan fingerprint density at radius 2 is 1.83 bits per heavy atom. The van der Waals surface area contributed by atoms with E-state index in [-0.39, 0.29) is 6.61 Å². The van der Waals surface area contributed by atoms with Crippen LogP contribution in [-0.4, -0.2) is 54.3 Å². The molecule has 0 saturated carbocycles. The molecule has 1 aromatic heterocycles. The van der Waals surface area contributed by atoms with Gasteiger partial charge in [-0.3, -0.25) is 5.32 Å². The maximum absolute atomic E-state index is 12.5. The molecule has 2 aliphatic rings. The SMILES string of the molecule is O=C(Nc1ccc(CC2CCN(S(=O)(=O)N3CCC3)CC2)cc1)OCc1cnco1. The average molecular weight is 435 g/mol. The zero-order valence-corrected chi connectivity index (χ0v) is 17.5. The Hall–Kier alpha value is -2.43. The summed E-state index contributed by atoms with van der Waals surface area (Å²) in [6.45, 7) is 2.49. The molecule has 10 heteroatoms. The largest absolute Gasteiger partial charge is 0.445 e. The third kappa shape index (κ3) is 5.00. The number of ether oxygens (including phenoxy) is 1. The minimum Gasteiger partial charge on any atom is -0.445 e. The number of amides is 1. The van der Waals surface area contributed by atoms with Gasteiger partial charge in [-0.05, 0) is 49.3 Å². The van der Waals surface area contributed by atoms with E-state index >= 15 is 0 Å². The lowest BCUT2D eigenvalue weighted by atomic mass is 9.91. The third-order valence-corrected chi connectivity index (χ3v) is 7.63. The molecule has 4 rings (SSSR count). The molecule has 162 valence electrons. The molecule has 2 aliphatic heterocycles. The summed E-state index contributed by atoms with van der Waals surface area (Å²) in [5.41, 5.74) is 1.82. The quantitative estimate of drug-likeness (QED) is 0.718. The van der Waals surface area contributed by atoms with Gasteiger partial charge in [-0.15, -0.1) is 0 Å². The number of carbonyl (C=O) groups is 1. The molecule has 1 amide bonds. The summed E-state index contributed by atoms with van der Waals surface area (Å²) in [6.07, 6.45) is 5.79. The summed E-state index contributed by atoms with van der Waals surface area (Å²) in [4.78, 5) is 15.6. The van der Waals surface area contributed by atoms with Crippen molar-refractivity contribution in [2.45, 2.75) is 32.3 Å². The highest BCUT2D eigenvalue weighted by Gasteiger charge is 2.35. The highest BCUT2D eigenvalue weighted by Crippen LogP contribution is 2.26. The smallest absolute Gasteiger partial charge is 0.412 e. The van der Waals surface area contributed by atoms with Crippen molar-refractivity contribution < 1.29 is 22.4 Å². The van der Waals surface area contributed by atoms with Crippen LogP contribution in [0.4, 0.5) is 10.5 Å². The number of nitrogens with zero attached hydrogens (tertiary/aromatic N) is 3. The molecule has 0 unspecified atom stereocenters. The Morgan fingerprint density at radius 3 is 2.43 bits per heavy atom. The molecule has 2 fully saturated rings. The number of carbonyl (C=O) groups excluding carboxylic acids is 1. The topological polar surface area (TPSA) is 105 Å². The lowest BCUT2D eigenvalue weighted by molar-refractivity contribution is 0.146. The second kappa shape index (κ2) is 9.15. The van der Waals surface area contributed by atoms with Crippen LogP contribution in [0.1, 0.15) is 30.6 Å². The van der Waals surface area contributed by atoms with Crippen LogP contribution in [-0.2, 0) is 28.0 Å². The molecule has 3 heterocycles. The van der Waals surface area contributed by atoms with Gasteiger partial charge in [-0.25, -0.2) is 9.78 Å². The van der Waals surface area contributed by atoms with E-state index in [9.17, 15) is 13.2 Å². The molecular formula is C20H26N4O5S. The van der Waals surface area contributed by atoms with Gasteiger partial charge in [0.2, 0.25) is 0 Å². The number of oxazole rings is 1. The fourth-order valence-corrected chi connectivity index (χ4v) is 5.41. The van der Waals surface area contributed by atoms with Crippen LogP contribution in [0.5, 0.6) is 0 Å². The van der Waals surface area contributed by atoms with Gasteiger partial charge in [0.05, 0.1) is 6.20 Å². The van der Waals surface area contributed by atoms with E-state index in [0.29, 0.717) is 43.5 Å². The fraction of sp³-hybridized carbons (Fsp3) is 0.500. The summed E-state index contributed by atoms with van der Waals surface area (Å²) < 4.78 is 38.2. The Balaban J connectivity index is 1.21. The van der Waals surface area contributed by atoms with Crippen LogP contribution < -0.4 is 5.32 Å². The first-order chi connectivity index (χ1) is 14.5. The average Bonchev–Trinajstić information content (AvgIpc) is 3.20. The first-order valence-corrected chi connectivity index (χ1v) is 11.6. The maximum Gasteiger partial charge on any atom is 0.412 e. The van der Waals surface area contributed by atoms with Gasteiger partial charge in [0.15, 0.2) is 18.8 Å². The van der Waals surface area contributed by atoms with Crippen molar-refractivity contribution in [2.24, 2.45) is 5.92 Å². The van der Waals surface area contributed by atoms with Crippen LogP contribution in [0.2, 0.25) is 0 Å². The Labute approximate surface area is 176 Å². The zero-order chi connectivity index (χ0) is 21.0. The number of piperidine rings is 1. The second-order valence-electron chi connectivity index (χ2n) is 7.67. The van der Waals surface area contributed by atoms with Crippen molar-refractivity contribution in [3.8, 4) is 0 Å². The molecule has 0 atom stereocenters. The van der Waals surface area contributed by atoms with Crippen LogP contribution >= 0.6 is 0 Å². The Morgan fingerprint density at radius 1 is 1.13 bits per heavy atom. The molecule has 9 nitrogen and oxygen atoms in total. The molecule has 0 radical (unpaired) electrons. The van der Waals surface area contributed by atoms with E-state index in [1.54, 1.807) is 8.61 Å². The van der Waals surface area contributed by atoms with Crippen LogP contribution in [0.15, 0.2) is 41.3 Å². The monoisotopic (exact) mass is 434 g/mol. The first kappa shape index (κ1) is 20.8. The molecule has 2 saturated heterocycles. The fourth-order valence-electron chi connectivity index (χ4n) is 3.69. The number of benzene rings is 1. The lowest BCUT2D eigenvalue weighted by Crippen LogP contribution is -2.52. The van der Waals surface area contributed by atoms with Crippen molar-refractivity contribution >= 4 is 22.0 Å². The normalized spacial score (nSPS) is 18.7. The van der Waals surface area contributed by atoms with Gasteiger partial charge < -0.3 is 9.15 Å². The summed E-state index contributed by atoms with van der Waals surface area (Å²) >= 11 is 0. The van der Waals surface area contributed by atoms with Crippen molar-refractivity contribution in [3.63, 3.8) is 0 Å². The summed E-state index contributed by atoms with van der Waals surface area (Å²) in [5.74, 6) is 0.933. The summed E-state index contributed by atoms with van der Waals surface area (Å²) in [6, 6.07) is 7.65. The number of aromatic nitrogens is 1. The minimum absolute atomic E-state index is 0.0239. The minimum atomic E-state index is -3.25. The van der Waals surface area contributed by atoms with Crippen LogP contribution in [0.25, 0.3) is 0 Å². The molecular weight excluding hydrogens is 408 g/mol. The number of hydrogen-bond donors (Lipinski definition) is 1. The van der Waals surface area contributed by atoms with E-state index < -0.39 is 16.3 Å². The molecule has 0 bridgehead atoms. The van der Waals surface area contributed by atoms with Gasteiger partial charge in [-0.2, -0.15) is 17.0 Å². The van der Waals surface area contributed by atoms with Gasteiger partial charge in [0, 0.05) is 31.9 Å². The molecule has 0 spiro atoms. The highest BCUT2D eigenvalue weighted by atomic mass is 32.2. The number of anilines is 1. The van der Waals surface area contributed by atoms with Crippen LogP contribution in [0, 0.1) is 5.92 Å². The maximum atomic E-state index is 12.5. The third-order valence-electron chi connectivity index (χ3n) is 5.59. The van der Waals surface area contributed by atoms with Gasteiger partial charge >= 0.3 is 6.09 Å². The van der Waals surface area contributed by atoms with E-state index in [2.05, 4.69) is 10.3 Å². The van der Waals surface area contributed by atoms with Crippen molar-refractivity contribution in [3.05, 3.63) is 48.2 Å². The predicted octanol–water partition coefficient (Wildman–Crippen LogP) is 2.63. The molecule has 0 aliphatic carbocycles. The van der Waals surface area contributed by atoms with E-state index in [0.717, 1.165) is 25.7 Å². The number of rotatable bonds is 7. The number of hydrogen-bond acceptors (Lipinski definition) is 6. The summed E-state index contributed by atoms with van der Waals surface area (Å²) in [5, 5.41) is 2.68. The van der Waals surface area contributed by atoms with E-state index in [1.165, 1.54) is 18.2 Å². The first-order valence-electron chi connectivity index (χ1n) is 10.2. The van der Waals surface area contributed by atoms with Crippen LogP contribution in [0.3, 0.4) is 0 Å². The van der Waals surface area contributed by atoms with Gasteiger partial charge in [0.1, 0.15) is 0 Å². The second-order valence-corrected chi connectivity index (χ2v) is 9.60. The van der Waals surface area contributed by atoms with Crippen molar-refractivity contribution in [1.82, 2.24) is 13.6 Å². The zero-order valence-electron chi connectivity index (χ0n) is 16.7. The van der Waals surface area contributed by atoms with Crippen molar-refractivity contribution in [2.75, 3.05) is 31.5 Å². The van der Waals surface area contributed by atoms with Gasteiger partial charge in [-0.1, -0.05) is 12.1 Å². The Kier molecular flexibility index (Phi) is 6.35. The lowest BCUT2D eigenvalue weighted by Gasteiger charge is -2.38. The number of nitrogens with one attached hydrogen (secondary N) is 1. The molecule has 2 aromatic rings. The van der Waals surface area contributed by atoms with Gasteiger partial charge in [0.25, 0.3) is 10.2 Å². The molecule has 30 heavy (non-hydrogen) atoms. The Bertz CT molecular complexity index is 934. The summed E-state index contributed by atoms with van der Waals surface area (Å²) in [7, 11) is -3.25. The predicted molar refractivity (Wildman–Crippen MR) is 110 cm³/mol. The van der Waals surface area contributed by atoms with Crippen molar-refractivity contribution in [1.29, 1.82) is 0 Å². The molecule has 1 aromatic carbocycles. The molecule has 1 N–H and O–H groups in total. The standard InChI is InChI=1S/C20H26N4O5S/c25-20(28-14-19-13-21-15-29-19)22-18-4-2-16(3-5-18)12-17-6-10-24(11-7-17)30(26,27)23-8-1-9-23/h2-5,13,15,17H,1,6-12,14H2,(H,22,25). The van der Waals surface area contributed by atoms with E-state index in [1.807, 2.05) is 24.3 Å². The van der Waals surface area contributed by atoms with E-state index in [4.69, 9.17) is 9.15 Å².